The number of rotatable bonds is 1. The molecule has 2 aromatic heterocycles. The van der Waals surface area contributed by atoms with Crippen LogP contribution in [0.1, 0.15) is 79.0 Å². The van der Waals surface area contributed by atoms with Crippen LogP contribution in [0.2, 0.25) is 0 Å². The number of aromatic nitrogens is 2. The molecule has 0 unspecified atom stereocenters. The zero-order valence-corrected chi connectivity index (χ0v) is 28.2. The van der Waals surface area contributed by atoms with Crippen LogP contribution in [-0.4, -0.2) is 15.9 Å². The van der Waals surface area contributed by atoms with Gasteiger partial charge in [0.15, 0.2) is 0 Å². The Balaban J connectivity index is 1.62. The Morgan fingerprint density at radius 1 is 0.489 bits per heavy atom. The van der Waals surface area contributed by atoms with E-state index in [1.165, 1.54) is 76.9 Å². The Labute approximate surface area is 267 Å². The first-order valence-electron chi connectivity index (χ1n) is 16.5. The fourth-order valence-electron chi connectivity index (χ4n) is 7.87. The van der Waals surface area contributed by atoms with E-state index in [4.69, 9.17) is 0 Å². The van der Waals surface area contributed by atoms with E-state index in [2.05, 4.69) is 168 Å². The van der Waals surface area contributed by atoms with Crippen molar-refractivity contribution in [3.8, 4) is 5.69 Å². The summed E-state index contributed by atoms with van der Waals surface area (Å²) in [5, 5.41) is 5.30. The quantitative estimate of drug-likeness (QED) is 0.170. The Hall–Kier alpha value is -4.24. The van der Waals surface area contributed by atoms with Gasteiger partial charge in [-0.15, -0.1) is 0 Å². The first-order valence-corrected chi connectivity index (χ1v) is 16.5. The minimum Gasteiger partial charge on any atom is -0.376 e. The average molecular weight is 587 g/mol. The minimum atomic E-state index is -0.0404. The predicted molar refractivity (Wildman–Crippen MR) is 197 cm³/mol. The average Bonchev–Trinajstić information content (AvgIpc) is 3.49. The molecule has 45 heavy (non-hydrogen) atoms. The van der Waals surface area contributed by atoms with Crippen LogP contribution in [-0.2, 0) is 16.2 Å². The summed E-state index contributed by atoms with van der Waals surface area (Å²) >= 11 is 0. The monoisotopic (exact) mass is 586 g/mol. The highest BCUT2D eigenvalue weighted by Gasteiger charge is 2.40. The van der Waals surface area contributed by atoms with Gasteiger partial charge in [0, 0.05) is 38.3 Å². The lowest BCUT2D eigenvalue weighted by Gasteiger charge is -2.33. The summed E-state index contributed by atoms with van der Waals surface area (Å²) in [5.74, 6) is 0. The molecule has 0 bridgehead atoms. The second kappa shape index (κ2) is 9.16. The van der Waals surface area contributed by atoms with Crippen LogP contribution < -0.4 is 10.9 Å². The molecule has 0 atom stereocenters. The van der Waals surface area contributed by atoms with Gasteiger partial charge in [0.05, 0.1) is 11.0 Å². The van der Waals surface area contributed by atoms with E-state index in [9.17, 15) is 0 Å². The Kier molecular flexibility index (Phi) is 5.75. The van der Waals surface area contributed by atoms with Gasteiger partial charge in [0.25, 0.3) is 0 Å². The topological polar surface area (TPSA) is 9.86 Å². The van der Waals surface area contributed by atoms with E-state index in [1.807, 2.05) is 0 Å². The summed E-state index contributed by atoms with van der Waals surface area (Å²) in [6.45, 7) is 21.1. The van der Waals surface area contributed by atoms with Crippen LogP contribution >= 0.6 is 0 Å². The van der Waals surface area contributed by atoms with E-state index in [1.54, 1.807) is 0 Å². The highest BCUT2D eigenvalue weighted by molar-refractivity contribution is 6.88. The predicted octanol–water partition coefficient (Wildman–Crippen LogP) is 9.75. The molecule has 3 heteroatoms. The Morgan fingerprint density at radius 2 is 1.02 bits per heavy atom. The van der Waals surface area contributed by atoms with Crippen LogP contribution in [0.5, 0.6) is 0 Å². The molecule has 224 valence electrons. The van der Waals surface area contributed by atoms with Crippen molar-refractivity contribution in [2.45, 2.75) is 78.6 Å². The molecular formula is C42H43BN2. The molecule has 3 heterocycles. The molecule has 0 saturated carbocycles. The van der Waals surface area contributed by atoms with Gasteiger partial charge in [0.1, 0.15) is 0 Å². The zero-order valence-electron chi connectivity index (χ0n) is 28.2. The number of hydrogen-bond acceptors (Lipinski definition) is 0. The van der Waals surface area contributed by atoms with Gasteiger partial charge in [-0.05, 0) is 68.1 Å². The molecule has 0 saturated heterocycles. The summed E-state index contributed by atoms with van der Waals surface area (Å²) in [6.07, 6.45) is 0. The van der Waals surface area contributed by atoms with E-state index in [-0.39, 0.29) is 23.1 Å². The van der Waals surface area contributed by atoms with Gasteiger partial charge in [-0.2, -0.15) is 0 Å². The SMILES string of the molecule is CC(C)(C)c1ccc2c3ccc(C(C)(C)C)cc3n(B3c4ccccc4-n4c5ccccc5c5ccc(C(C)(C)C)c3c54)c2c1. The summed E-state index contributed by atoms with van der Waals surface area (Å²) < 4.78 is 5.26. The smallest absolute Gasteiger partial charge is 0.332 e. The molecular weight excluding hydrogens is 543 g/mol. The number of fused-ring (bicyclic) bond motifs is 8. The number of nitrogens with zero attached hydrogens (tertiary/aromatic N) is 2. The van der Waals surface area contributed by atoms with Gasteiger partial charge in [-0.1, -0.05) is 135 Å². The number of benzene rings is 5. The lowest BCUT2D eigenvalue weighted by atomic mass is 9.46. The Bertz CT molecular complexity index is 2250. The molecule has 1 aliphatic rings. The maximum atomic E-state index is 2.71. The third-order valence-electron chi connectivity index (χ3n) is 10.2. The van der Waals surface area contributed by atoms with Crippen molar-refractivity contribution in [3.63, 3.8) is 0 Å². The molecule has 0 fully saturated rings. The maximum Gasteiger partial charge on any atom is 0.332 e. The van der Waals surface area contributed by atoms with Crippen LogP contribution in [0, 0.1) is 0 Å². The third-order valence-corrected chi connectivity index (χ3v) is 10.2. The zero-order chi connectivity index (χ0) is 31.6. The highest BCUT2D eigenvalue weighted by atomic mass is 15.0. The lowest BCUT2D eigenvalue weighted by Crippen LogP contribution is -2.55. The van der Waals surface area contributed by atoms with Crippen molar-refractivity contribution in [1.82, 2.24) is 9.05 Å². The van der Waals surface area contributed by atoms with E-state index in [0.717, 1.165) is 0 Å². The molecule has 1 aliphatic heterocycles. The second-order valence-corrected chi connectivity index (χ2v) is 16.3. The van der Waals surface area contributed by atoms with Crippen molar-refractivity contribution in [1.29, 1.82) is 0 Å². The van der Waals surface area contributed by atoms with Gasteiger partial charge in [-0.3, -0.25) is 0 Å². The molecule has 7 aromatic rings. The maximum absolute atomic E-state index is 2.71. The molecule has 0 aliphatic carbocycles. The summed E-state index contributed by atoms with van der Waals surface area (Å²) in [5.41, 5.74) is 13.5. The van der Waals surface area contributed by atoms with Crippen molar-refractivity contribution in [3.05, 3.63) is 114 Å². The summed E-state index contributed by atoms with van der Waals surface area (Å²) in [6, 6.07) is 37.3. The van der Waals surface area contributed by atoms with E-state index in [0.29, 0.717) is 0 Å². The Morgan fingerprint density at radius 3 is 1.62 bits per heavy atom. The molecule has 0 N–H and O–H groups in total. The summed E-state index contributed by atoms with van der Waals surface area (Å²) in [4.78, 5) is 0. The first-order chi connectivity index (χ1) is 21.2. The van der Waals surface area contributed by atoms with Gasteiger partial charge >= 0.3 is 6.85 Å². The number of para-hydroxylation sites is 2. The highest BCUT2D eigenvalue weighted by Crippen LogP contribution is 2.40. The lowest BCUT2D eigenvalue weighted by molar-refractivity contribution is 0.591. The molecule has 2 nitrogen and oxygen atoms in total. The fourth-order valence-corrected chi connectivity index (χ4v) is 7.87. The van der Waals surface area contributed by atoms with E-state index >= 15 is 0 Å². The van der Waals surface area contributed by atoms with Crippen molar-refractivity contribution < 1.29 is 0 Å². The van der Waals surface area contributed by atoms with Crippen LogP contribution in [0.4, 0.5) is 0 Å². The van der Waals surface area contributed by atoms with Crippen molar-refractivity contribution >= 4 is 61.4 Å². The van der Waals surface area contributed by atoms with Gasteiger partial charge in [-0.25, -0.2) is 0 Å². The van der Waals surface area contributed by atoms with Gasteiger partial charge in [0.2, 0.25) is 0 Å². The molecule has 5 aromatic carbocycles. The van der Waals surface area contributed by atoms with E-state index < -0.39 is 0 Å². The molecule has 0 spiro atoms. The first kappa shape index (κ1) is 28.3. The number of hydrogen-bond donors (Lipinski definition) is 0. The third kappa shape index (κ3) is 4.02. The van der Waals surface area contributed by atoms with Crippen molar-refractivity contribution in [2.75, 3.05) is 0 Å². The fraction of sp³-hybridized carbons (Fsp3) is 0.286. The summed E-state index contributed by atoms with van der Waals surface area (Å²) in [7, 11) is 0. The molecule has 0 amide bonds. The second-order valence-electron chi connectivity index (χ2n) is 16.3. The van der Waals surface area contributed by atoms with Crippen molar-refractivity contribution in [2.24, 2.45) is 0 Å². The van der Waals surface area contributed by atoms with Crippen LogP contribution in [0.15, 0.2) is 97.1 Å². The molecule has 8 rings (SSSR count). The normalized spacial score (nSPS) is 13.8. The van der Waals surface area contributed by atoms with Crippen LogP contribution in [0.3, 0.4) is 0 Å². The van der Waals surface area contributed by atoms with Gasteiger partial charge < -0.3 is 9.05 Å². The standard InChI is InChI=1S/C42H43BN2/c1-40(2,3)26-18-20-29-30-21-19-27(41(4,5)6)25-37(30)45(36(29)24-26)43-33-15-11-13-17-35(33)44-34-16-12-10-14-28(34)31-22-23-32(42(7,8)9)38(43)39(31)44/h10-25H,1-9H3. The minimum absolute atomic E-state index is 0.0152. The largest absolute Gasteiger partial charge is 0.376 e. The molecule has 0 radical (unpaired) electrons. The van der Waals surface area contributed by atoms with Crippen LogP contribution in [0.25, 0.3) is 49.3 Å².